The van der Waals surface area contributed by atoms with Crippen molar-refractivity contribution in [3.63, 3.8) is 0 Å². The van der Waals surface area contributed by atoms with E-state index >= 15 is 0 Å². The molecule has 0 fully saturated rings. The van der Waals surface area contributed by atoms with Gasteiger partial charge >= 0.3 is 0 Å². The zero-order valence-corrected chi connectivity index (χ0v) is 35.0. The van der Waals surface area contributed by atoms with Crippen LogP contribution >= 0.6 is 0 Å². The molecule has 55 heavy (non-hydrogen) atoms. The Morgan fingerprint density at radius 2 is 1.45 bits per heavy atom. The molecular weight excluding hydrogens is 856 g/mol. The van der Waals surface area contributed by atoms with E-state index in [1.807, 2.05) is 18.3 Å². The van der Waals surface area contributed by atoms with Gasteiger partial charge in [0.05, 0.1) is 0 Å². The zero-order chi connectivity index (χ0) is 37.4. The first-order valence-corrected chi connectivity index (χ1v) is 19.5. The van der Waals surface area contributed by atoms with Crippen LogP contribution in [0, 0.1) is 25.7 Å². The predicted octanol–water partition coefficient (Wildman–Crippen LogP) is 13.3. The van der Waals surface area contributed by atoms with Gasteiger partial charge in [-0.2, -0.15) is 12.1 Å². The first-order valence-electron chi connectivity index (χ1n) is 19.5. The smallest absolute Gasteiger partial charge is 0.135 e. The Labute approximate surface area is 341 Å². The van der Waals surface area contributed by atoms with Crippen molar-refractivity contribution in [1.29, 1.82) is 0 Å². The van der Waals surface area contributed by atoms with Crippen LogP contribution in [0.1, 0.15) is 82.6 Å². The average Bonchev–Trinajstić information content (AvgIpc) is 3.71. The molecule has 1 aliphatic rings. The van der Waals surface area contributed by atoms with Crippen LogP contribution in [0.2, 0.25) is 0 Å². The molecule has 0 unspecified atom stereocenters. The summed E-state index contributed by atoms with van der Waals surface area (Å²) in [7, 11) is 0. The molecule has 0 atom stereocenters. The Morgan fingerprint density at radius 1 is 0.727 bits per heavy atom. The fourth-order valence-corrected chi connectivity index (χ4v) is 7.68. The number of para-hydroxylation sites is 3. The first-order chi connectivity index (χ1) is 26.2. The van der Waals surface area contributed by atoms with Gasteiger partial charge in [-0.25, -0.2) is 4.98 Å². The van der Waals surface area contributed by atoms with Crippen LogP contribution in [0.3, 0.4) is 0 Å². The summed E-state index contributed by atoms with van der Waals surface area (Å²) in [5.74, 6) is 2.27. The van der Waals surface area contributed by atoms with E-state index in [0.717, 1.165) is 76.5 Å². The number of ether oxygens (including phenoxy) is 1. The second-order valence-corrected chi connectivity index (χ2v) is 15.6. The molecule has 7 aromatic rings. The summed E-state index contributed by atoms with van der Waals surface area (Å²) in [6.45, 7) is 15.6. The number of aromatic nitrogens is 2. The van der Waals surface area contributed by atoms with E-state index in [1.54, 1.807) is 0 Å². The molecule has 0 aliphatic carbocycles. The van der Waals surface area contributed by atoms with Gasteiger partial charge in [-0.1, -0.05) is 108 Å². The Morgan fingerprint density at radius 3 is 2.20 bits per heavy atom. The third-order valence-corrected chi connectivity index (χ3v) is 10.5. The van der Waals surface area contributed by atoms with Gasteiger partial charge in [0.1, 0.15) is 5.82 Å². The second-order valence-electron chi connectivity index (χ2n) is 15.6. The van der Waals surface area contributed by atoms with Crippen molar-refractivity contribution in [3.8, 4) is 17.3 Å². The molecule has 0 N–H and O–H groups in total. The molecule has 0 saturated carbocycles. The van der Waals surface area contributed by atoms with E-state index in [-0.39, 0.29) is 26.5 Å². The van der Waals surface area contributed by atoms with Crippen molar-refractivity contribution in [3.05, 3.63) is 150 Å². The van der Waals surface area contributed by atoms with Gasteiger partial charge in [0, 0.05) is 61.3 Å². The third-order valence-electron chi connectivity index (χ3n) is 10.5. The molecule has 2 aromatic heterocycles. The maximum absolute atomic E-state index is 6.87. The van der Waals surface area contributed by atoms with Crippen LogP contribution in [-0.2, 0) is 39.3 Å². The van der Waals surface area contributed by atoms with Gasteiger partial charge < -0.3 is 19.1 Å². The van der Waals surface area contributed by atoms with Gasteiger partial charge in [0.25, 0.3) is 0 Å². The van der Waals surface area contributed by atoms with Crippen LogP contribution in [0.5, 0.6) is 11.5 Å². The van der Waals surface area contributed by atoms with Crippen molar-refractivity contribution >= 4 is 44.6 Å². The molecule has 5 aromatic carbocycles. The van der Waals surface area contributed by atoms with E-state index in [9.17, 15) is 0 Å². The van der Waals surface area contributed by atoms with Crippen molar-refractivity contribution in [1.82, 2.24) is 9.55 Å². The zero-order valence-electron chi connectivity index (χ0n) is 32.7. The van der Waals surface area contributed by atoms with Gasteiger partial charge in [-0.15, -0.1) is 47.6 Å². The van der Waals surface area contributed by atoms with Crippen molar-refractivity contribution in [2.24, 2.45) is 0 Å². The Kier molecular flexibility index (Phi) is 11.2. The SMILES string of the molecule is CCCCc1ccc2c(c1)c1cc(CCCC)c(Oc3[c-]c(N4[CH-]N(c5ccccc5C(C)(C)C)c5ccccc54)ccc3)[c-]c1n2-c1cc(C)ccn1.[Pt]. The number of pyridine rings is 1. The molecule has 0 saturated heterocycles. The number of unbranched alkanes of at least 4 members (excludes halogenated alkanes) is 2. The number of benzene rings is 5. The number of nitrogens with zero attached hydrogens (tertiary/aromatic N) is 4. The van der Waals surface area contributed by atoms with Gasteiger partial charge in [-0.05, 0) is 83.7 Å². The maximum atomic E-state index is 6.87. The summed E-state index contributed by atoms with van der Waals surface area (Å²) in [4.78, 5) is 9.36. The minimum atomic E-state index is -0.0157. The van der Waals surface area contributed by atoms with Gasteiger partial charge in [0.2, 0.25) is 0 Å². The van der Waals surface area contributed by atoms with Crippen molar-refractivity contribution in [2.45, 2.75) is 85.5 Å². The van der Waals surface area contributed by atoms with Crippen LogP contribution in [-0.4, -0.2) is 9.55 Å². The molecular formula is C49H49N4OPt-3. The molecule has 1 aliphatic heterocycles. The van der Waals surface area contributed by atoms with E-state index in [4.69, 9.17) is 9.72 Å². The van der Waals surface area contributed by atoms with Crippen LogP contribution in [0.4, 0.5) is 22.7 Å². The minimum Gasteiger partial charge on any atom is -0.509 e. The molecule has 0 amide bonds. The van der Waals surface area contributed by atoms with Crippen molar-refractivity contribution < 1.29 is 25.8 Å². The van der Waals surface area contributed by atoms with Gasteiger partial charge in [0.15, 0.2) is 0 Å². The van der Waals surface area contributed by atoms with E-state index in [1.165, 1.54) is 40.4 Å². The molecule has 0 radical (unpaired) electrons. The molecule has 8 rings (SSSR count). The fourth-order valence-electron chi connectivity index (χ4n) is 7.68. The number of hydrogen-bond donors (Lipinski definition) is 0. The molecule has 5 nitrogen and oxygen atoms in total. The topological polar surface area (TPSA) is 33.5 Å². The van der Waals surface area contributed by atoms with E-state index in [2.05, 4.69) is 166 Å². The normalized spacial score (nSPS) is 12.7. The van der Waals surface area contributed by atoms with Gasteiger partial charge in [-0.3, -0.25) is 0 Å². The Bertz CT molecular complexity index is 2460. The van der Waals surface area contributed by atoms with Crippen LogP contribution < -0.4 is 14.5 Å². The molecule has 6 heteroatoms. The third kappa shape index (κ3) is 7.56. The van der Waals surface area contributed by atoms with Crippen molar-refractivity contribution in [2.75, 3.05) is 9.80 Å². The monoisotopic (exact) mass is 904 g/mol. The van der Waals surface area contributed by atoms with Crippen LogP contribution in [0.15, 0.2) is 109 Å². The summed E-state index contributed by atoms with van der Waals surface area (Å²) in [6, 6.07) is 44.3. The molecule has 0 spiro atoms. The second kappa shape index (κ2) is 16.1. The first kappa shape index (κ1) is 38.4. The Balaban J connectivity index is 0.00000465. The summed E-state index contributed by atoms with van der Waals surface area (Å²) in [5.41, 5.74) is 11.4. The number of fused-ring (bicyclic) bond motifs is 4. The number of rotatable bonds is 11. The minimum absolute atomic E-state index is 0. The number of aryl methyl sites for hydroxylation is 3. The van der Waals surface area contributed by atoms with E-state index < -0.39 is 0 Å². The summed E-state index contributed by atoms with van der Waals surface area (Å²) in [5, 5.41) is 2.42. The standard InChI is InChI=1S/C49H49N4O.Pt/c1-7-9-16-35-24-25-42-39(29-35)40-30-36(17-10-8-2)47(32-46(40)53(42)48-28-34(3)26-27-50-48)54-38-19-15-18-37(31-38)51-33-52(45-23-14-13-22-44(45)51)43-21-12-11-20-41(43)49(4,5)6;/h11-15,18-30,33H,7-10,16-17H2,1-6H3;/q-3;. The summed E-state index contributed by atoms with van der Waals surface area (Å²) < 4.78 is 9.11. The quantitative estimate of drug-likeness (QED) is 0.121. The molecule has 3 heterocycles. The predicted molar refractivity (Wildman–Crippen MR) is 225 cm³/mol. The van der Waals surface area contributed by atoms with E-state index in [0.29, 0.717) is 5.75 Å². The number of hydrogen-bond acceptors (Lipinski definition) is 4. The van der Waals surface area contributed by atoms with Crippen LogP contribution in [0.25, 0.3) is 27.6 Å². The largest absolute Gasteiger partial charge is 0.509 e. The average molecular weight is 905 g/mol. The Hall–Kier alpha value is -4.86. The summed E-state index contributed by atoms with van der Waals surface area (Å²) in [6.07, 6.45) is 8.36. The molecule has 284 valence electrons. The maximum Gasteiger partial charge on any atom is 0.135 e. The molecule has 0 bridgehead atoms. The summed E-state index contributed by atoms with van der Waals surface area (Å²) >= 11 is 0. The number of anilines is 4. The fraction of sp³-hybridized carbons (Fsp3) is 0.265.